The van der Waals surface area contributed by atoms with E-state index in [-0.39, 0.29) is 29.6 Å². The maximum atomic E-state index is 12.8. The van der Waals surface area contributed by atoms with Crippen molar-refractivity contribution >= 4 is 30.3 Å². The monoisotopic (exact) mass is 261 g/mol. The SMILES string of the molecule is Cl.NC(N)=NN=Cc1cc(F)ccc1[N+](=O)[O-]. The number of benzene rings is 1. The molecule has 0 saturated carbocycles. The Labute approximate surface area is 102 Å². The van der Waals surface area contributed by atoms with Gasteiger partial charge in [-0.1, -0.05) is 0 Å². The highest BCUT2D eigenvalue weighted by Crippen LogP contribution is 2.17. The number of guanidine groups is 1. The number of hydrogen-bond donors (Lipinski definition) is 2. The van der Waals surface area contributed by atoms with Crippen LogP contribution in [-0.4, -0.2) is 17.1 Å². The van der Waals surface area contributed by atoms with Gasteiger partial charge in [0.1, 0.15) is 5.82 Å². The molecule has 0 unspecified atom stereocenters. The highest BCUT2D eigenvalue weighted by molar-refractivity contribution is 5.86. The number of nitrogens with two attached hydrogens (primary N) is 2. The Morgan fingerprint density at radius 3 is 2.65 bits per heavy atom. The second-order valence-corrected chi connectivity index (χ2v) is 2.73. The number of rotatable bonds is 3. The van der Waals surface area contributed by atoms with E-state index in [1.54, 1.807) is 0 Å². The van der Waals surface area contributed by atoms with E-state index < -0.39 is 10.7 Å². The van der Waals surface area contributed by atoms with E-state index in [1.165, 1.54) is 0 Å². The largest absolute Gasteiger partial charge is 0.369 e. The molecule has 0 aliphatic rings. The van der Waals surface area contributed by atoms with Crippen LogP contribution in [0.4, 0.5) is 10.1 Å². The first-order valence-electron chi connectivity index (χ1n) is 4.06. The summed E-state index contributed by atoms with van der Waals surface area (Å²) in [6.45, 7) is 0. The van der Waals surface area contributed by atoms with Crippen LogP contribution in [0.5, 0.6) is 0 Å². The molecule has 0 heterocycles. The summed E-state index contributed by atoms with van der Waals surface area (Å²) in [6, 6.07) is 2.98. The van der Waals surface area contributed by atoms with Gasteiger partial charge in [0.15, 0.2) is 0 Å². The minimum absolute atomic E-state index is 0. The van der Waals surface area contributed by atoms with E-state index in [4.69, 9.17) is 11.5 Å². The molecule has 0 spiro atoms. The third-order valence-electron chi connectivity index (χ3n) is 1.56. The zero-order valence-electron chi connectivity index (χ0n) is 8.41. The predicted molar refractivity (Wildman–Crippen MR) is 63.7 cm³/mol. The lowest BCUT2D eigenvalue weighted by Crippen LogP contribution is -2.21. The van der Waals surface area contributed by atoms with Crippen molar-refractivity contribution in [2.75, 3.05) is 0 Å². The molecule has 4 N–H and O–H groups in total. The van der Waals surface area contributed by atoms with E-state index in [0.717, 1.165) is 24.4 Å². The molecule has 0 amide bonds. The van der Waals surface area contributed by atoms with Gasteiger partial charge in [0.2, 0.25) is 5.96 Å². The predicted octanol–water partition coefficient (Wildman–Crippen LogP) is 0.763. The topological polar surface area (TPSA) is 120 Å². The van der Waals surface area contributed by atoms with Crippen molar-refractivity contribution in [3.8, 4) is 0 Å². The van der Waals surface area contributed by atoms with Crippen LogP contribution in [0.2, 0.25) is 0 Å². The van der Waals surface area contributed by atoms with Crippen molar-refractivity contribution in [2.24, 2.45) is 21.7 Å². The van der Waals surface area contributed by atoms with E-state index in [2.05, 4.69) is 10.2 Å². The molecule has 17 heavy (non-hydrogen) atoms. The summed E-state index contributed by atoms with van der Waals surface area (Å²) in [5, 5.41) is 17.2. The molecular weight excluding hydrogens is 253 g/mol. The summed E-state index contributed by atoms with van der Waals surface area (Å²) < 4.78 is 12.8. The van der Waals surface area contributed by atoms with Crippen molar-refractivity contribution in [1.82, 2.24) is 0 Å². The fourth-order valence-electron chi connectivity index (χ4n) is 0.953. The molecule has 0 radical (unpaired) electrons. The fourth-order valence-corrected chi connectivity index (χ4v) is 0.953. The first kappa shape index (κ1) is 14.8. The average molecular weight is 262 g/mol. The molecule has 0 aliphatic heterocycles. The molecule has 0 atom stereocenters. The smallest absolute Gasteiger partial charge is 0.278 e. The van der Waals surface area contributed by atoms with Crippen LogP contribution in [0.25, 0.3) is 0 Å². The van der Waals surface area contributed by atoms with E-state index in [1.807, 2.05) is 0 Å². The van der Waals surface area contributed by atoms with Crippen molar-refractivity contribution in [1.29, 1.82) is 0 Å². The van der Waals surface area contributed by atoms with Crippen molar-refractivity contribution in [3.05, 3.63) is 39.7 Å². The molecule has 0 aromatic heterocycles. The van der Waals surface area contributed by atoms with Gasteiger partial charge in [-0.25, -0.2) is 4.39 Å². The van der Waals surface area contributed by atoms with Crippen LogP contribution in [0, 0.1) is 15.9 Å². The van der Waals surface area contributed by atoms with Gasteiger partial charge in [0, 0.05) is 6.07 Å². The van der Waals surface area contributed by atoms with Crippen molar-refractivity contribution < 1.29 is 9.31 Å². The lowest BCUT2D eigenvalue weighted by atomic mass is 10.2. The van der Waals surface area contributed by atoms with Gasteiger partial charge in [0.05, 0.1) is 16.7 Å². The maximum Gasteiger partial charge on any atom is 0.278 e. The molecule has 7 nitrogen and oxygen atoms in total. The molecule has 9 heteroatoms. The molecule has 0 aliphatic carbocycles. The van der Waals surface area contributed by atoms with Crippen LogP contribution < -0.4 is 11.5 Å². The lowest BCUT2D eigenvalue weighted by Gasteiger charge is -1.96. The number of halogens is 2. The molecular formula is C8H9ClFN5O2. The highest BCUT2D eigenvalue weighted by Gasteiger charge is 2.12. The molecule has 0 fully saturated rings. The zero-order valence-corrected chi connectivity index (χ0v) is 9.22. The molecule has 92 valence electrons. The third-order valence-corrected chi connectivity index (χ3v) is 1.56. The highest BCUT2D eigenvalue weighted by atomic mass is 35.5. The van der Waals surface area contributed by atoms with Crippen LogP contribution >= 0.6 is 12.4 Å². The van der Waals surface area contributed by atoms with Gasteiger partial charge in [-0.3, -0.25) is 10.1 Å². The normalized spacial score (nSPS) is 9.71. The van der Waals surface area contributed by atoms with Crippen molar-refractivity contribution in [2.45, 2.75) is 0 Å². The van der Waals surface area contributed by atoms with Gasteiger partial charge in [-0.05, 0) is 12.1 Å². The summed E-state index contributed by atoms with van der Waals surface area (Å²) in [5.41, 5.74) is 9.68. The second-order valence-electron chi connectivity index (χ2n) is 2.73. The Balaban J connectivity index is 0.00000256. The Hall–Kier alpha value is -2.22. The van der Waals surface area contributed by atoms with Crippen LogP contribution in [-0.2, 0) is 0 Å². The first-order chi connectivity index (χ1) is 7.50. The Morgan fingerprint density at radius 2 is 2.12 bits per heavy atom. The second kappa shape index (κ2) is 6.38. The molecule has 1 aromatic rings. The van der Waals surface area contributed by atoms with Gasteiger partial charge in [-0.2, -0.15) is 5.10 Å². The average Bonchev–Trinajstić information content (AvgIpc) is 2.16. The summed E-state index contributed by atoms with van der Waals surface area (Å²) in [5.74, 6) is -0.910. The molecule has 1 aromatic carbocycles. The lowest BCUT2D eigenvalue weighted by molar-refractivity contribution is -0.385. The standard InChI is InChI=1S/C8H8FN5O2.ClH/c9-6-1-2-7(14(15)16)5(3-6)4-12-13-8(10)11;/h1-4H,(H4,10,11,13);1H. The first-order valence-corrected chi connectivity index (χ1v) is 4.06. The third kappa shape index (κ3) is 4.43. The van der Waals surface area contributed by atoms with E-state index >= 15 is 0 Å². The number of nitro groups is 1. The molecule has 0 bridgehead atoms. The summed E-state index contributed by atoms with van der Waals surface area (Å²) in [4.78, 5) is 9.91. The maximum absolute atomic E-state index is 12.8. The van der Waals surface area contributed by atoms with Gasteiger partial charge >= 0.3 is 0 Å². The van der Waals surface area contributed by atoms with Gasteiger partial charge in [-0.15, -0.1) is 17.5 Å². The fraction of sp³-hybridized carbons (Fsp3) is 0. The van der Waals surface area contributed by atoms with E-state index in [9.17, 15) is 14.5 Å². The summed E-state index contributed by atoms with van der Waals surface area (Å²) in [6.07, 6.45) is 1.00. The van der Waals surface area contributed by atoms with E-state index in [0.29, 0.717) is 0 Å². The minimum Gasteiger partial charge on any atom is -0.369 e. The van der Waals surface area contributed by atoms with Gasteiger partial charge < -0.3 is 11.5 Å². The summed E-state index contributed by atoms with van der Waals surface area (Å²) in [7, 11) is 0. The number of hydrogen-bond acceptors (Lipinski definition) is 4. The quantitative estimate of drug-likeness (QED) is 0.361. The molecule has 1 rings (SSSR count). The molecule has 0 saturated heterocycles. The van der Waals surface area contributed by atoms with Crippen LogP contribution in [0.3, 0.4) is 0 Å². The Kier molecular flexibility index (Phi) is 5.55. The number of nitro benzene ring substituents is 1. The van der Waals surface area contributed by atoms with Crippen LogP contribution in [0.15, 0.2) is 28.4 Å². The summed E-state index contributed by atoms with van der Waals surface area (Å²) >= 11 is 0. The van der Waals surface area contributed by atoms with Gasteiger partial charge in [0.25, 0.3) is 5.69 Å². The Morgan fingerprint density at radius 1 is 1.47 bits per heavy atom. The Bertz CT molecular complexity index is 473. The minimum atomic E-state index is -0.656. The number of nitrogens with zero attached hydrogens (tertiary/aromatic N) is 3. The van der Waals surface area contributed by atoms with Crippen LogP contribution in [0.1, 0.15) is 5.56 Å². The zero-order chi connectivity index (χ0) is 12.1. The van der Waals surface area contributed by atoms with Crippen molar-refractivity contribution in [3.63, 3.8) is 0 Å².